The molecule has 0 radical (unpaired) electrons. The van der Waals surface area contributed by atoms with E-state index in [1.54, 1.807) is 0 Å². The second-order valence-electron chi connectivity index (χ2n) is 6.85. The Hall–Kier alpha value is -1.50. The van der Waals surface area contributed by atoms with E-state index in [-0.39, 0.29) is 0 Å². The number of aromatic nitrogens is 4. The molecule has 0 saturated heterocycles. The van der Waals surface area contributed by atoms with Crippen molar-refractivity contribution in [2.45, 2.75) is 66.5 Å². The van der Waals surface area contributed by atoms with Crippen molar-refractivity contribution in [1.82, 2.24) is 9.13 Å². The normalized spacial score (nSPS) is 11.1. The van der Waals surface area contributed by atoms with E-state index in [4.69, 9.17) is 14.4 Å². The van der Waals surface area contributed by atoms with Gasteiger partial charge in [0.2, 0.25) is 0 Å². The zero-order valence-corrected chi connectivity index (χ0v) is 18.6. The lowest BCUT2D eigenvalue weighted by molar-refractivity contribution is -0.680. The van der Waals surface area contributed by atoms with E-state index in [9.17, 15) is 4.20 Å². The first kappa shape index (κ1) is 25.5. The van der Waals surface area contributed by atoms with Gasteiger partial charge in [-0.3, -0.25) is 0 Å². The largest absolute Gasteiger partial charge is 0.786 e. The average molecular weight is 404 g/mol. The number of rotatable bonds is 4. The molecule has 0 amide bonds. The van der Waals surface area contributed by atoms with Crippen LogP contribution in [0, 0.1) is 0 Å². The second kappa shape index (κ2) is 11.4. The molecule has 0 unspecified atom stereocenters. The Morgan fingerprint density at radius 2 is 1.19 bits per heavy atom. The number of aryl methyl sites for hydroxylation is 4. The van der Waals surface area contributed by atoms with Crippen LogP contribution in [0.4, 0.5) is 4.20 Å². The molecule has 0 spiro atoms. The first-order chi connectivity index (χ1) is 12.3. The Labute approximate surface area is 162 Å². The standard InChI is InChI=1S/2C9H17N2.FH2O3P/c2*1-5-11-7-6-10(4)9(11)8(2)3;1-5(2,3)4/h2*6-8H,5H2,1-4H3;(H2,2,3,4)/q2*+1;/p-2. The number of imidazole rings is 2. The van der Waals surface area contributed by atoms with Crippen LogP contribution in [0.15, 0.2) is 24.8 Å². The van der Waals surface area contributed by atoms with Crippen LogP contribution in [-0.4, -0.2) is 9.13 Å². The number of halogens is 1. The molecule has 2 heterocycles. The van der Waals surface area contributed by atoms with Crippen molar-refractivity contribution in [3.8, 4) is 0 Å². The van der Waals surface area contributed by atoms with Crippen molar-refractivity contribution in [3.05, 3.63) is 36.4 Å². The Kier molecular flexibility index (Phi) is 10.7. The quantitative estimate of drug-likeness (QED) is 0.575. The molecule has 156 valence electrons. The van der Waals surface area contributed by atoms with Gasteiger partial charge in [0.25, 0.3) is 11.6 Å². The van der Waals surface area contributed by atoms with Crippen molar-refractivity contribution in [2.24, 2.45) is 14.1 Å². The van der Waals surface area contributed by atoms with Gasteiger partial charge in [-0.1, -0.05) is 27.7 Å². The van der Waals surface area contributed by atoms with Crippen LogP contribution < -0.4 is 18.9 Å². The van der Waals surface area contributed by atoms with E-state index < -0.39 is 7.91 Å². The van der Waals surface area contributed by atoms with Crippen molar-refractivity contribution >= 4 is 7.91 Å². The molecule has 0 aromatic carbocycles. The third-order valence-corrected chi connectivity index (χ3v) is 3.97. The highest BCUT2D eigenvalue weighted by Gasteiger charge is 2.16. The fourth-order valence-electron chi connectivity index (χ4n) is 3.08. The molecule has 0 bridgehead atoms. The molecule has 0 aliphatic rings. The molecule has 2 aromatic rings. The van der Waals surface area contributed by atoms with Crippen LogP contribution in [0.3, 0.4) is 0 Å². The summed E-state index contributed by atoms with van der Waals surface area (Å²) in [7, 11) is -1.44. The third-order valence-electron chi connectivity index (χ3n) is 3.97. The molecular weight excluding hydrogens is 370 g/mol. The summed E-state index contributed by atoms with van der Waals surface area (Å²) in [4.78, 5) is 16.9. The van der Waals surface area contributed by atoms with Gasteiger partial charge in [-0.15, -0.1) is 0 Å². The first-order valence-corrected chi connectivity index (χ1v) is 10.6. The Morgan fingerprint density at radius 3 is 1.33 bits per heavy atom. The van der Waals surface area contributed by atoms with Crippen LogP contribution >= 0.6 is 7.91 Å². The molecule has 0 atom stereocenters. The lowest BCUT2D eigenvalue weighted by Crippen LogP contribution is -2.32. The highest BCUT2D eigenvalue weighted by Crippen LogP contribution is 2.22. The zero-order valence-electron chi connectivity index (χ0n) is 17.7. The Bertz CT molecular complexity index is 675. The Morgan fingerprint density at radius 1 is 0.926 bits per heavy atom. The summed E-state index contributed by atoms with van der Waals surface area (Å²) in [5.74, 6) is 4.00. The minimum atomic E-state index is -5.64. The van der Waals surface area contributed by atoms with Gasteiger partial charge in [0, 0.05) is 0 Å². The van der Waals surface area contributed by atoms with E-state index in [1.807, 2.05) is 0 Å². The zero-order chi connectivity index (χ0) is 21.4. The summed E-state index contributed by atoms with van der Waals surface area (Å²) in [6.45, 7) is 15.4. The number of nitrogens with zero attached hydrogens (tertiary/aromatic N) is 4. The monoisotopic (exact) mass is 404 g/mol. The Balaban J connectivity index is 0.000000405. The van der Waals surface area contributed by atoms with Crippen LogP contribution in [-0.2, 0) is 31.7 Å². The van der Waals surface area contributed by atoms with Crippen LogP contribution in [0.2, 0.25) is 0 Å². The molecule has 2 rings (SSSR count). The van der Waals surface area contributed by atoms with Crippen molar-refractivity contribution in [3.63, 3.8) is 0 Å². The van der Waals surface area contributed by atoms with Gasteiger partial charge in [0.15, 0.2) is 0 Å². The number of hydrogen-bond acceptors (Lipinski definition) is 3. The summed E-state index contributed by atoms with van der Waals surface area (Å²) >= 11 is 0. The van der Waals surface area contributed by atoms with Gasteiger partial charge in [-0.05, 0) is 13.8 Å². The molecule has 7 nitrogen and oxygen atoms in total. The first-order valence-electron chi connectivity index (χ1n) is 9.14. The van der Waals surface area contributed by atoms with E-state index in [2.05, 4.69) is 98.7 Å². The van der Waals surface area contributed by atoms with E-state index >= 15 is 0 Å². The SMILES string of the molecule is CCn1cc[n+](C)c1C(C)C.CCn1cc[n+](C)c1C(C)C.O=P([O-])([O-])F. The summed E-state index contributed by atoms with van der Waals surface area (Å²) < 4.78 is 27.5. The van der Waals surface area contributed by atoms with E-state index in [1.165, 1.54) is 11.6 Å². The van der Waals surface area contributed by atoms with Gasteiger partial charge in [0.05, 0.1) is 39.0 Å². The van der Waals surface area contributed by atoms with Gasteiger partial charge in [-0.2, -0.15) is 0 Å². The fourth-order valence-corrected chi connectivity index (χ4v) is 3.08. The van der Waals surface area contributed by atoms with Crippen molar-refractivity contribution in [1.29, 1.82) is 0 Å². The highest BCUT2D eigenvalue weighted by atomic mass is 31.2. The molecule has 0 fully saturated rings. The maximum Gasteiger partial charge on any atom is 0.258 e. The lowest BCUT2D eigenvalue weighted by Gasteiger charge is -2.15. The maximum atomic E-state index is 10.1. The van der Waals surface area contributed by atoms with Crippen molar-refractivity contribution in [2.75, 3.05) is 0 Å². The van der Waals surface area contributed by atoms with Gasteiger partial charge in [-0.25, -0.2) is 22.5 Å². The molecule has 0 N–H and O–H groups in total. The second-order valence-corrected chi connectivity index (χ2v) is 7.71. The molecular formula is C18H34FN4O3P. The predicted molar refractivity (Wildman–Crippen MR) is 99.5 cm³/mol. The van der Waals surface area contributed by atoms with E-state index in [0.717, 1.165) is 13.1 Å². The molecule has 2 aromatic heterocycles. The number of hydrogen-bond donors (Lipinski definition) is 0. The van der Waals surface area contributed by atoms with Gasteiger partial charge >= 0.3 is 0 Å². The predicted octanol–water partition coefficient (Wildman–Crippen LogP) is 1.70. The molecule has 9 heteroatoms. The molecule has 0 aliphatic heterocycles. The van der Waals surface area contributed by atoms with Gasteiger partial charge < -0.3 is 14.4 Å². The smallest absolute Gasteiger partial charge is 0.258 e. The molecule has 0 saturated carbocycles. The fraction of sp³-hybridized carbons (Fsp3) is 0.667. The van der Waals surface area contributed by atoms with Crippen LogP contribution in [0.5, 0.6) is 0 Å². The summed E-state index contributed by atoms with van der Waals surface area (Å²) in [6.07, 6.45) is 8.49. The van der Waals surface area contributed by atoms with Crippen molar-refractivity contribution < 1.29 is 27.7 Å². The molecule has 27 heavy (non-hydrogen) atoms. The summed E-state index contributed by atoms with van der Waals surface area (Å²) in [6, 6.07) is 0. The highest BCUT2D eigenvalue weighted by molar-refractivity contribution is 7.42. The maximum absolute atomic E-state index is 10.1. The summed E-state index contributed by atoms with van der Waals surface area (Å²) in [5.41, 5.74) is 0. The minimum absolute atomic E-state index is 0.606. The average Bonchev–Trinajstić information content (AvgIpc) is 3.08. The van der Waals surface area contributed by atoms with Gasteiger partial charge in [0.1, 0.15) is 32.7 Å². The molecule has 0 aliphatic carbocycles. The lowest BCUT2D eigenvalue weighted by atomic mass is 10.2. The topological polar surface area (TPSA) is 80.8 Å². The minimum Gasteiger partial charge on any atom is -0.786 e. The summed E-state index contributed by atoms with van der Waals surface area (Å²) in [5, 5.41) is 0. The third kappa shape index (κ3) is 9.31. The van der Waals surface area contributed by atoms with E-state index in [0.29, 0.717) is 11.8 Å². The van der Waals surface area contributed by atoms with Crippen LogP contribution in [0.1, 0.15) is 65.0 Å². The van der Waals surface area contributed by atoms with Crippen LogP contribution in [0.25, 0.3) is 0 Å².